The molecule has 0 unspecified atom stereocenters. The summed E-state index contributed by atoms with van der Waals surface area (Å²) in [4.78, 5) is 40.3. The summed E-state index contributed by atoms with van der Waals surface area (Å²) in [6.07, 6.45) is 0.594. The molecule has 0 radical (unpaired) electrons. The van der Waals surface area contributed by atoms with Crippen LogP contribution in [0.3, 0.4) is 0 Å². The van der Waals surface area contributed by atoms with Gasteiger partial charge in [-0.05, 0) is 43.0 Å². The fourth-order valence-electron chi connectivity index (χ4n) is 3.01. The first-order valence-electron chi connectivity index (χ1n) is 8.60. The van der Waals surface area contributed by atoms with Crippen molar-refractivity contribution in [1.82, 2.24) is 9.55 Å². The molecule has 0 saturated carbocycles. The van der Waals surface area contributed by atoms with E-state index >= 15 is 0 Å². The summed E-state index contributed by atoms with van der Waals surface area (Å²) in [5, 5.41) is 17.9. The first-order chi connectivity index (χ1) is 12.8. The van der Waals surface area contributed by atoms with Crippen molar-refractivity contribution in [2.45, 2.75) is 46.1 Å². The molecule has 1 N–H and O–H groups in total. The molecule has 138 valence electrons. The van der Waals surface area contributed by atoms with E-state index in [1.165, 1.54) is 10.6 Å². The highest BCUT2D eigenvalue weighted by atomic mass is 16.2. The number of aromatic nitrogens is 2. The number of hydrogen-bond donors (Lipinski definition) is 1. The van der Waals surface area contributed by atoms with Crippen molar-refractivity contribution in [2.24, 2.45) is 0 Å². The van der Waals surface area contributed by atoms with Gasteiger partial charge in [0.05, 0.1) is 17.7 Å². The standard InChI is InChI=1S/C20H20N4O3/c1-12(2)16-17(18(25)15-9-13(3)8-14(10-15)11-22)24(7-5-4-6-21)20(27)23-19(16)26/h8-10,12H,4-5,7H2,1-3H3,(H,23,26,27). The number of carbonyl (C=O) groups is 1. The fraction of sp³-hybridized carbons (Fsp3) is 0.350. The Morgan fingerprint density at radius 2 is 1.93 bits per heavy atom. The van der Waals surface area contributed by atoms with Crippen molar-refractivity contribution in [3.8, 4) is 12.1 Å². The smallest absolute Gasteiger partial charge is 0.290 e. The normalized spacial score (nSPS) is 10.4. The van der Waals surface area contributed by atoms with Crippen molar-refractivity contribution in [2.75, 3.05) is 0 Å². The van der Waals surface area contributed by atoms with Crippen LogP contribution in [0.15, 0.2) is 27.8 Å². The van der Waals surface area contributed by atoms with Crippen LogP contribution in [-0.2, 0) is 6.54 Å². The molecule has 0 aliphatic rings. The zero-order valence-electron chi connectivity index (χ0n) is 15.5. The van der Waals surface area contributed by atoms with Crippen LogP contribution >= 0.6 is 0 Å². The topological polar surface area (TPSA) is 120 Å². The van der Waals surface area contributed by atoms with Gasteiger partial charge in [-0.25, -0.2) is 4.79 Å². The van der Waals surface area contributed by atoms with Crippen LogP contribution in [-0.4, -0.2) is 15.3 Å². The third-order valence-corrected chi connectivity index (χ3v) is 4.17. The van der Waals surface area contributed by atoms with Crippen LogP contribution in [0.2, 0.25) is 0 Å². The summed E-state index contributed by atoms with van der Waals surface area (Å²) in [5.74, 6) is -0.783. The van der Waals surface area contributed by atoms with Crippen molar-refractivity contribution < 1.29 is 4.79 Å². The van der Waals surface area contributed by atoms with Gasteiger partial charge in [-0.2, -0.15) is 10.5 Å². The summed E-state index contributed by atoms with van der Waals surface area (Å²) in [6.45, 7) is 5.43. The molecule has 2 aromatic rings. The summed E-state index contributed by atoms with van der Waals surface area (Å²) in [5.41, 5.74) is 0.261. The summed E-state index contributed by atoms with van der Waals surface area (Å²) < 4.78 is 1.23. The lowest BCUT2D eigenvalue weighted by molar-refractivity contribution is 0.102. The van der Waals surface area contributed by atoms with E-state index in [1.54, 1.807) is 32.9 Å². The fourth-order valence-corrected chi connectivity index (χ4v) is 3.01. The maximum absolute atomic E-state index is 13.3. The van der Waals surface area contributed by atoms with Gasteiger partial charge in [0.1, 0.15) is 5.69 Å². The third kappa shape index (κ3) is 4.21. The predicted octanol–water partition coefficient (Wildman–Crippen LogP) is 2.37. The zero-order chi connectivity index (χ0) is 20.1. The highest BCUT2D eigenvalue weighted by Crippen LogP contribution is 2.20. The van der Waals surface area contributed by atoms with Gasteiger partial charge in [0, 0.05) is 24.1 Å². The van der Waals surface area contributed by atoms with Crippen molar-refractivity contribution in [1.29, 1.82) is 10.5 Å². The van der Waals surface area contributed by atoms with Crippen LogP contribution in [0.25, 0.3) is 0 Å². The van der Waals surface area contributed by atoms with Gasteiger partial charge < -0.3 is 0 Å². The summed E-state index contributed by atoms with van der Waals surface area (Å²) in [6, 6.07) is 8.73. The third-order valence-electron chi connectivity index (χ3n) is 4.17. The van der Waals surface area contributed by atoms with E-state index in [0.717, 1.165) is 5.56 Å². The van der Waals surface area contributed by atoms with Crippen molar-refractivity contribution in [3.05, 3.63) is 67.0 Å². The average Bonchev–Trinajstić information content (AvgIpc) is 2.61. The molecule has 2 rings (SSSR count). The SMILES string of the molecule is Cc1cc(C#N)cc(C(=O)c2c(C(C)C)c(=O)[nH]c(=O)n2CCCC#N)c1. The number of H-pyrrole nitrogens is 1. The molecular formula is C20H20N4O3. The number of ketones is 1. The molecule has 0 atom stereocenters. The van der Waals surface area contributed by atoms with Gasteiger partial charge in [0.15, 0.2) is 0 Å². The van der Waals surface area contributed by atoms with Gasteiger partial charge >= 0.3 is 5.69 Å². The van der Waals surface area contributed by atoms with Gasteiger partial charge in [0.25, 0.3) is 5.56 Å². The van der Waals surface area contributed by atoms with Gasteiger partial charge in [-0.1, -0.05) is 13.8 Å². The second-order valence-electron chi connectivity index (χ2n) is 6.62. The number of benzene rings is 1. The monoisotopic (exact) mass is 364 g/mol. The molecule has 0 spiro atoms. The van der Waals surface area contributed by atoms with E-state index in [0.29, 0.717) is 12.0 Å². The minimum absolute atomic E-state index is 0.0196. The van der Waals surface area contributed by atoms with Gasteiger partial charge in [0.2, 0.25) is 5.78 Å². The van der Waals surface area contributed by atoms with E-state index in [2.05, 4.69) is 4.98 Å². The Kier molecular flexibility index (Phi) is 6.10. The number of aryl methyl sites for hydroxylation is 1. The van der Waals surface area contributed by atoms with E-state index in [4.69, 9.17) is 10.5 Å². The first kappa shape index (κ1) is 19.9. The Bertz CT molecular complexity index is 1080. The quantitative estimate of drug-likeness (QED) is 0.623. The Morgan fingerprint density at radius 3 is 2.52 bits per heavy atom. The highest BCUT2D eigenvalue weighted by Gasteiger charge is 2.24. The molecule has 0 aliphatic heterocycles. The maximum Gasteiger partial charge on any atom is 0.328 e. The number of hydrogen-bond acceptors (Lipinski definition) is 5. The Hall–Kier alpha value is -3.45. The number of carbonyl (C=O) groups excluding carboxylic acids is 1. The van der Waals surface area contributed by atoms with Crippen molar-refractivity contribution >= 4 is 5.78 Å². The molecule has 1 aromatic heterocycles. The molecule has 0 amide bonds. The van der Waals surface area contributed by atoms with E-state index < -0.39 is 17.0 Å². The highest BCUT2D eigenvalue weighted by molar-refractivity contribution is 6.09. The maximum atomic E-state index is 13.3. The number of unbranched alkanes of at least 4 members (excludes halogenated alkanes) is 1. The van der Waals surface area contributed by atoms with Crippen molar-refractivity contribution in [3.63, 3.8) is 0 Å². The predicted molar refractivity (Wildman–Crippen MR) is 99.6 cm³/mol. The number of nitriles is 2. The van der Waals surface area contributed by atoms with E-state index in [1.807, 2.05) is 12.1 Å². The molecule has 7 nitrogen and oxygen atoms in total. The molecular weight excluding hydrogens is 344 g/mol. The second-order valence-corrected chi connectivity index (χ2v) is 6.62. The molecule has 1 aromatic carbocycles. The molecule has 0 saturated heterocycles. The van der Waals surface area contributed by atoms with Crippen LogP contribution in [0.1, 0.15) is 65.3 Å². The number of nitrogens with one attached hydrogen (secondary N) is 1. The van der Waals surface area contributed by atoms with Crippen LogP contribution in [0.5, 0.6) is 0 Å². The molecule has 27 heavy (non-hydrogen) atoms. The lowest BCUT2D eigenvalue weighted by Gasteiger charge is -2.17. The molecule has 0 fully saturated rings. The molecule has 0 aliphatic carbocycles. The first-order valence-corrected chi connectivity index (χ1v) is 8.60. The minimum Gasteiger partial charge on any atom is -0.290 e. The van der Waals surface area contributed by atoms with Gasteiger partial charge in [-0.3, -0.25) is 19.1 Å². The minimum atomic E-state index is -0.682. The van der Waals surface area contributed by atoms with Crippen LogP contribution in [0, 0.1) is 29.6 Å². The molecule has 0 bridgehead atoms. The van der Waals surface area contributed by atoms with Crippen LogP contribution in [0.4, 0.5) is 0 Å². The Labute approximate surface area is 156 Å². The zero-order valence-corrected chi connectivity index (χ0v) is 15.5. The van der Waals surface area contributed by atoms with Gasteiger partial charge in [-0.15, -0.1) is 0 Å². The lowest BCUT2D eigenvalue weighted by Crippen LogP contribution is -2.38. The largest absolute Gasteiger partial charge is 0.328 e. The van der Waals surface area contributed by atoms with E-state index in [9.17, 15) is 14.4 Å². The van der Waals surface area contributed by atoms with E-state index in [-0.39, 0.29) is 35.7 Å². The molecule has 1 heterocycles. The second kappa shape index (κ2) is 8.29. The Balaban J connectivity index is 2.76. The molecule has 7 heteroatoms. The number of rotatable bonds is 6. The number of nitrogens with zero attached hydrogens (tertiary/aromatic N) is 3. The van der Waals surface area contributed by atoms with Crippen LogP contribution < -0.4 is 11.2 Å². The lowest BCUT2D eigenvalue weighted by atomic mass is 9.95. The number of aromatic amines is 1. The summed E-state index contributed by atoms with van der Waals surface area (Å²) >= 11 is 0. The average molecular weight is 364 g/mol. The Morgan fingerprint density at radius 1 is 1.22 bits per heavy atom. The summed E-state index contributed by atoms with van der Waals surface area (Å²) in [7, 11) is 0.